The number of hydrogen-bond donors (Lipinski definition) is 2. The van der Waals surface area contributed by atoms with Gasteiger partial charge in [0.15, 0.2) is 0 Å². The van der Waals surface area contributed by atoms with E-state index in [4.69, 9.17) is 9.47 Å². The number of rotatable bonds is 7. The first-order valence-corrected chi connectivity index (χ1v) is 11.9. The van der Waals surface area contributed by atoms with Crippen molar-refractivity contribution in [2.24, 2.45) is 0 Å². The zero-order chi connectivity index (χ0) is 24.1. The molecule has 10 heteroatoms. The molecule has 0 radical (unpaired) electrons. The van der Waals surface area contributed by atoms with Crippen molar-refractivity contribution < 1.29 is 27.5 Å². The Hall–Kier alpha value is -4.05. The highest BCUT2D eigenvalue weighted by Crippen LogP contribution is 2.31. The summed E-state index contributed by atoms with van der Waals surface area (Å²) >= 11 is 0. The van der Waals surface area contributed by atoms with E-state index < -0.39 is 15.9 Å². The van der Waals surface area contributed by atoms with Gasteiger partial charge in [-0.25, -0.2) is 8.42 Å². The van der Waals surface area contributed by atoms with Gasteiger partial charge in [-0.05, 0) is 60.7 Å². The molecule has 0 spiro atoms. The van der Waals surface area contributed by atoms with Crippen LogP contribution < -0.4 is 24.4 Å². The van der Waals surface area contributed by atoms with E-state index in [1.807, 2.05) is 0 Å². The summed E-state index contributed by atoms with van der Waals surface area (Å²) in [4.78, 5) is 26.5. The Morgan fingerprint density at radius 2 is 1.68 bits per heavy atom. The molecule has 0 atom stereocenters. The summed E-state index contributed by atoms with van der Waals surface area (Å²) in [5, 5.41) is 2.70. The molecule has 176 valence electrons. The van der Waals surface area contributed by atoms with E-state index >= 15 is 0 Å². The fourth-order valence-electron chi connectivity index (χ4n) is 3.43. The maximum Gasteiger partial charge on any atom is 0.261 e. The number of hydrogen-bond acceptors (Lipinski definition) is 6. The first-order valence-electron chi connectivity index (χ1n) is 10.4. The minimum absolute atomic E-state index is 0.0371. The molecule has 1 heterocycles. The molecule has 9 nitrogen and oxygen atoms in total. The number of carbonyl (C=O) groups is 2. The van der Waals surface area contributed by atoms with Crippen molar-refractivity contribution in [1.82, 2.24) is 0 Å². The maximum absolute atomic E-state index is 12.7. The minimum atomic E-state index is -3.82. The number of fused-ring (bicyclic) bond motifs is 1. The topological polar surface area (TPSA) is 114 Å². The van der Waals surface area contributed by atoms with Crippen molar-refractivity contribution in [3.8, 4) is 11.5 Å². The highest BCUT2D eigenvalue weighted by molar-refractivity contribution is 7.92. The summed E-state index contributed by atoms with van der Waals surface area (Å²) in [6.45, 7) is 0.0484. The van der Waals surface area contributed by atoms with Crippen LogP contribution in [0.3, 0.4) is 0 Å². The van der Waals surface area contributed by atoms with Crippen LogP contribution in [0.2, 0.25) is 0 Å². The third-order valence-corrected chi connectivity index (χ3v) is 6.52. The van der Waals surface area contributed by atoms with Gasteiger partial charge in [-0.1, -0.05) is 12.1 Å². The van der Waals surface area contributed by atoms with E-state index in [0.29, 0.717) is 28.6 Å². The number of nitrogens with one attached hydrogen (secondary N) is 2. The van der Waals surface area contributed by atoms with E-state index in [1.165, 1.54) is 36.3 Å². The number of para-hydroxylation sites is 2. The molecule has 0 fully saturated rings. The molecule has 1 aliphatic heterocycles. The van der Waals surface area contributed by atoms with Crippen molar-refractivity contribution >= 4 is 38.9 Å². The highest BCUT2D eigenvalue weighted by atomic mass is 32.2. The third-order valence-electron chi connectivity index (χ3n) is 5.12. The lowest BCUT2D eigenvalue weighted by Gasteiger charge is -2.21. The molecule has 0 aromatic heterocycles. The van der Waals surface area contributed by atoms with Gasteiger partial charge in [-0.15, -0.1) is 0 Å². The fourth-order valence-corrected chi connectivity index (χ4v) is 4.49. The van der Waals surface area contributed by atoms with Crippen molar-refractivity contribution in [3.63, 3.8) is 0 Å². The Balaban J connectivity index is 1.42. The largest absolute Gasteiger partial charge is 0.497 e. The first kappa shape index (κ1) is 23.1. The molecule has 0 aliphatic carbocycles. The van der Waals surface area contributed by atoms with Crippen LogP contribution in [-0.2, 0) is 19.6 Å². The van der Waals surface area contributed by atoms with E-state index in [-0.39, 0.29) is 30.4 Å². The molecule has 0 bridgehead atoms. The monoisotopic (exact) mass is 481 g/mol. The number of benzene rings is 3. The van der Waals surface area contributed by atoms with Gasteiger partial charge in [0.1, 0.15) is 18.0 Å². The quantitative estimate of drug-likeness (QED) is 0.536. The smallest absolute Gasteiger partial charge is 0.261 e. The number of ether oxygens (including phenoxy) is 2. The molecule has 1 aliphatic rings. The van der Waals surface area contributed by atoms with Gasteiger partial charge in [-0.2, -0.15) is 0 Å². The van der Waals surface area contributed by atoms with Crippen molar-refractivity contribution in [2.45, 2.75) is 11.3 Å². The lowest BCUT2D eigenvalue weighted by atomic mass is 10.2. The van der Waals surface area contributed by atoms with Gasteiger partial charge < -0.3 is 14.8 Å². The molecule has 3 aromatic carbocycles. The van der Waals surface area contributed by atoms with Gasteiger partial charge in [0.2, 0.25) is 11.8 Å². The van der Waals surface area contributed by atoms with Gasteiger partial charge >= 0.3 is 0 Å². The summed E-state index contributed by atoms with van der Waals surface area (Å²) < 4.78 is 38.4. The molecule has 0 saturated heterocycles. The van der Waals surface area contributed by atoms with E-state index in [9.17, 15) is 18.0 Å². The Labute approximate surface area is 197 Å². The average molecular weight is 482 g/mol. The lowest BCUT2D eigenvalue weighted by molar-refractivity contribution is -0.121. The van der Waals surface area contributed by atoms with Crippen molar-refractivity contribution in [2.75, 3.05) is 35.2 Å². The Morgan fingerprint density at radius 3 is 2.38 bits per heavy atom. The van der Waals surface area contributed by atoms with E-state index in [0.717, 1.165) is 0 Å². The lowest BCUT2D eigenvalue weighted by Crippen LogP contribution is -2.37. The maximum atomic E-state index is 12.7. The number of anilines is 3. The zero-order valence-corrected chi connectivity index (χ0v) is 19.2. The van der Waals surface area contributed by atoms with Crippen LogP contribution in [0.4, 0.5) is 17.1 Å². The van der Waals surface area contributed by atoms with Crippen LogP contribution in [-0.4, -0.2) is 40.5 Å². The van der Waals surface area contributed by atoms with Crippen LogP contribution >= 0.6 is 0 Å². The summed E-state index contributed by atoms with van der Waals surface area (Å²) in [6, 6.07) is 19.3. The van der Waals surface area contributed by atoms with E-state index in [1.54, 1.807) is 48.5 Å². The molecular formula is C24H23N3O6S. The van der Waals surface area contributed by atoms with Gasteiger partial charge in [0.05, 0.1) is 30.7 Å². The number of sulfonamides is 1. The molecular weight excluding hydrogens is 458 g/mol. The van der Waals surface area contributed by atoms with E-state index in [2.05, 4.69) is 10.0 Å². The van der Waals surface area contributed by atoms with Crippen LogP contribution in [0.25, 0.3) is 0 Å². The second-order valence-electron chi connectivity index (χ2n) is 7.45. The van der Waals surface area contributed by atoms with Crippen LogP contribution in [0, 0.1) is 0 Å². The number of nitrogens with zero attached hydrogens (tertiary/aromatic N) is 1. The Kier molecular flexibility index (Phi) is 6.69. The summed E-state index contributed by atoms with van der Waals surface area (Å²) in [7, 11) is -2.29. The van der Waals surface area contributed by atoms with Crippen LogP contribution in [0.5, 0.6) is 11.5 Å². The molecule has 4 rings (SSSR count). The second-order valence-corrected chi connectivity index (χ2v) is 9.14. The molecule has 2 N–H and O–H groups in total. The number of amides is 2. The van der Waals surface area contributed by atoms with Crippen molar-refractivity contribution in [1.29, 1.82) is 0 Å². The van der Waals surface area contributed by atoms with Gasteiger partial charge in [-0.3, -0.25) is 19.2 Å². The SMILES string of the molecule is COc1ccc(NS(=O)(=O)c2ccc(NC(=O)CN3C(=O)CCOc4ccccc43)cc2)cc1. The fraction of sp³-hybridized carbons (Fsp3) is 0.167. The third kappa shape index (κ3) is 5.29. The van der Waals surface area contributed by atoms with Crippen molar-refractivity contribution in [3.05, 3.63) is 72.8 Å². The summed E-state index contributed by atoms with van der Waals surface area (Å²) in [6.07, 6.45) is 0.162. The molecule has 0 unspecified atom stereocenters. The second kappa shape index (κ2) is 9.84. The summed E-state index contributed by atoms with van der Waals surface area (Å²) in [5.41, 5.74) is 1.33. The Bertz CT molecular complexity index is 1290. The molecule has 3 aromatic rings. The summed E-state index contributed by atoms with van der Waals surface area (Å²) in [5.74, 6) is 0.518. The predicted molar refractivity (Wildman–Crippen MR) is 128 cm³/mol. The molecule has 0 saturated carbocycles. The predicted octanol–water partition coefficient (Wildman–Crippen LogP) is 3.25. The normalized spacial score (nSPS) is 13.3. The Morgan fingerprint density at radius 1 is 1.00 bits per heavy atom. The molecule has 34 heavy (non-hydrogen) atoms. The van der Waals surface area contributed by atoms with Gasteiger partial charge in [0, 0.05) is 11.4 Å². The molecule has 2 amide bonds. The minimum Gasteiger partial charge on any atom is -0.497 e. The van der Waals surface area contributed by atoms with Crippen LogP contribution in [0.15, 0.2) is 77.7 Å². The highest BCUT2D eigenvalue weighted by Gasteiger charge is 2.25. The first-order chi connectivity index (χ1) is 16.4. The van der Waals surface area contributed by atoms with Gasteiger partial charge in [0.25, 0.3) is 10.0 Å². The average Bonchev–Trinajstić information content (AvgIpc) is 2.98. The number of methoxy groups -OCH3 is 1. The zero-order valence-electron chi connectivity index (χ0n) is 18.4. The standard InChI is InChI=1S/C24H23N3O6S/c1-32-19-10-6-18(7-11-19)26-34(30,31)20-12-8-17(9-13-20)25-23(28)16-27-21-4-2-3-5-22(21)33-15-14-24(27)29/h2-13,26H,14-16H2,1H3,(H,25,28). The van der Waals surface area contributed by atoms with Crippen LogP contribution in [0.1, 0.15) is 6.42 Å². The number of carbonyl (C=O) groups excluding carboxylic acids is 2.